The van der Waals surface area contributed by atoms with Crippen LogP contribution in [0.3, 0.4) is 0 Å². The first-order chi connectivity index (χ1) is 6.81. The fourth-order valence-electron chi connectivity index (χ4n) is 1.26. The van der Waals surface area contributed by atoms with E-state index in [4.69, 9.17) is 4.74 Å². The third-order valence-electron chi connectivity index (χ3n) is 2.14. The molecular weight excluding hydrogens is 182 g/mol. The summed E-state index contributed by atoms with van der Waals surface area (Å²) in [5.74, 6) is -0.0835. The van der Waals surface area contributed by atoms with Gasteiger partial charge < -0.3 is 10.1 Å². The maximum Gasteiger partial charge on any atom is 0.269 e. The minimum absolute atomic E-state index is 0.0835. The lowest BCUT2D eigenvalue weighted by Gasteiger charge is -2.04. The van der Waals surface area contributed by atoms with Gasteiger partial charge in [-0.05, 0) is 13.0 Å². The van der Waals surface area contributed by atoms with Crippen molar-refractivity contribution >= 4 is 5.91 Å². The van der Waals surface area contributed by atoms with E-state index < -0.39 is 0 Å². The molecule has 2 heterocycles. The molecule has 1 atom stereocenters. The van der Waals surface area contributed by atoms with Crippen LogP contribution in [0.5, 0.6) is 0 Å². The van der Waals surface area contributed by atoms with Gasteiger partial charge in [0.2, 0.25) is 0 Å². The third kappa shape index (κ3) is 1.93. The Balaban J connectivity index is 1.94. The zero-order valence-electron chi connectivity index (χ0n) is 8.06. The Bertz CT molecular complexity index is 331. The van der Waals surface area contributed by atoms with Crippen molar-refractivity contribution in [3.63, 3.8) is 0 Å². The number of rotatable bonds is 4. The second-order valence-electron chi connectivity index (χ2n) is 3.20. The normalized spacial score (nSPS) is 19.4. The first-order valence-electron chi connectivity index (χ1n) is 4.73. The van der Waals surface area contributed by atoms with E-state index in [0.29, 0.717) is 18.8 Å². The summed E-state index contributed by atoms with van der Waals surface area (Å²) in [6, 6.07) is 1.71. The summed E-state index contributed by atoms with van der Waals surface area (Å²) in [6.45, 7) is 4.00. The standard InChI is InChI=1S/C9H13N3O2/c1-2-12-8(3-4-11-12)9(13)10-5-7-6-14-7/h3-4,7H,2,5-6H2,1H3,(H,10,13)/t7-/m1/s1. The summed E-state index contributed by atoms with van der Waals surface area (Å²) in [5, 5.41) is 6.82. The molecule has 1 aliphatic heterocycles. The van der Waals surface area contributed by atoms with Gasteiger partial charge in [0.1, 0.15) is 5.69 Å². The molecule has 1 fully saturated rings. The van der Waals surface area contributed by atoms with Crippen molar-refractivity contribution in [3.8, 4) is 0 Å². The third-order valence-corrected chi connectivity index (χ3v) is 2.14. The molecule has 0 aliphatic carbocycles. The van der Waals surface area contributed by atoms with Crippen molar-refractivity contribution < 1.29 is 9.53 Å². The highest BCUT2D eigenvalue weighted by Crippen LogP contribution is 2.07. The van der Waals surface area contributed by atoms with Gasteiger partial charge in [-0.3, -0.25) is 9.48 Å². The number of aryl methyl sites for hydroxylation is 1. The van der Waals surface area contributed by atoms with Gasteiger partial charge in [-0.1, -0.05) is 0 Å². The van der Waals surface area contributed by atoms with E-state index in [1.807, 2.05) is 6.92 Å². The number of hydrogen-bond donors (Lipinski definition) is 1. The summed E-state index contributed by atoms with van der Waals surface area (Å²) >= 11 is 0. The first-order valence-corrected chi connectivity index (χ1v) is 4.73. The van der Waals surface area contributed by atoms with Gasteiger partial charge in [0.25, 0.3) is 5.91 Å². The molecule has 0 spiro atoms. The van der Waals surface area contributed by atoms with Gasteiger partial charge in [-0.2, -0.15) is 5.10 Å². The van der Waals surface area contributed by atoms with Gasteiger partial charge >= 0.3 is 0 Å². The van der Waals surface area contributed by atoms with Crippen molar-refractivity contribution in [3.05, 3.63) is 18.0 Å². The SMILES string of the molecule is CCn1nccc1C(=O)NC[C@@H]1CO1. The smallest absolute Gasteiger partial charge is 0.269 e. The molecule has 0 aromatic carbocycles. The number of carbonyl (C=O) groups is 1. The van der Waals surface area contributed by atoms with Crippen LogP contribution in [-0.2, 0) is 11.3 Å². The molecule has 14 heavy (non-hydrogen) atoms. The van der Waals surface area contributed by atoms with E-state index in [1.165, 1.54) is 0 Å². The van der Waals surface area contributed by atoms with Gasteiger partial charge in [-0.25, -0.2) is 0 Å². The van der Waals surface area contributed by atoms with E-state index >= 15 is 0 Å². The van der Waals surface area contributed by atoms with E-state index in [-0.39, 0.29) is 12.0 Å². The number of aromatic nitrogens is 2. The van der Waals surface area contributed by atoms with Crippen molar-refractivity contribution in [2.75, 3.05) is 13.2 Å². The number of ether oxygens (including phenoxy) is 1. The van der Waals surface area contributed by atoms with Crippen LogP contribution in [0.25, 0.3) is 0 Å². The monoisotopic (exact) mass is 195 g/mol. The average Bonchev–Trinajstić information content (AvgIpc) is 2.90. The lowest BCUT2D eigenvalue weighted by molar-refractivity contribution is 0.0939. The molecule has 1 aromatic heterocycles. The van der Waals surface area contributed by atoms with Crippen LogP contribution in [0.15, 0.2) is 12.3 Å². The number of carbonyl (C=O) groups excluding carboxylic acids is 1. The number of hydrogen-bond acceptors (Lipinski definition) is 3. The van der Waals surface area contributed by atoms with Gasteiger partial charge in [0, 0.05) is 19.3 Å². The molecule has 1 N–H and O–H groups in total. The summed E-state index contributed by atoms with van der Waals surface area (Å²) in [6.07, 6.45) is 1.85. The minimum atomic E-state index is -0.0835. The Morgan fingerprint density at radius 3 is 3.29 bits per heavy atom. The van der Waals surface area contributed by atoms with Crippen molar-refractivity contribution in [1.82, 2.24) is 15.1 Å². The summed E-state index contributed by atoms with van der Waals surface area (Å²) < 4.78 is 6.67. The number of epoxide rings is 1. The largest absolute Gasteiger partial charge is 0.371 e. The fourth-order valence-corrected chi connectivity index (χ4v) is 1.26. The Morgan fingerprint density at radius 1 is 1.86 bits per heavy atom. The van der Waals surface area contributed by atoms with E-state index in [0.717, 1.165) is 6.61 Å². The Labute approximate surface area is 82.0 Å². The lowest BCUT2D eigenvalue weighted by atomic mass is 10.3. The number of amides is 1. The maximum atomic E-state index is 11.6. The van der Waals surface area contributed by atoms with Gasteiger partial charge in [0.05, 0.1) is 12.7 Å². The molecule has 0 saturated carbocycles. The second-order valence-corrected chi connectivity index (χ2v) is 3.20. The quantitative estimate of drug-likeness (QED) is 0.690. The molecule has 0 radical (unpaired) electrons. The summed E-state index contributed by atoms with van der Waals surface area (Å²) in [7, 11) is 0. The molecule has 1 aromatic rings. The molecule has 0 bridgehead atoms. The number of nitrogens with zero attached hydrogens (tertiary/aromatic N) is 2. The Hall–Kier alpha value is -1.36. The van der Waals surface area contributed by atoms with Gasteiger partial charge in [0.15, 0.2) is 0 Å². The predicted octanol–water partition coefficient (Wildman–Crippen LogP) is 0.0316. The summed E-state index contributed by atoms with van der Waals surface area (Å²) in [5.41, 5.74) is 0.605. The van der Waals surface area contributed by atoms with Crippen molar-refractivity contribution in [2.24, 2.45) is 0 Å². The van der Waals surface area contributed by atoms with Crippen LogP contribution in [0.4, 0.5) is 0 Å². The Kier molecular flexibility index (Phi) is 2.49. The Morgan fingerprint density at radius 2 is 2.64 bits per heavy atom. The van der Waals surface area contributed by atoms with E-state index in [2.05, 4.69) is 10.4 Å². The van der Waals surface area contributed by atoms with Crippen LogP contribution in [0.2, 0.25) is 0 Å². The molecule has 5 heteroatoms. The average molecular weight is 195 g/mol. The highest BCUT2D eigenvalue weighted by molar-refractivity contribution is 5.92. The summed E-state index contributed by atoms with van der Waals surface area (Å²) in [4.78, 5) is 11.6. The van der Waals surface area contributed by atoms with Crippen LogP contribution >= 0.6 is 0 Å². The zero-order chi connectivity index (χ0) is 9.97. The predicted molar refractivity (Wildman–Crippen MR) is 50.0 cm³/mol. The van der Waals surface area contributed by atoms with Crippen LogP contribution < -0.4 is 5.32 Å². The van der Waals surface area contributed by atoms with Crippen molar-refractivity contribution in [1.29, 1.82) is 0 Å². The van der Waals surface area contributed by atoms with Gasteiger partial charge in [-0.15, -0.1) is 0 Å². The molecule has 2 rings (SSSR count). The maximum absolute atomic E-state index is 11.6. The lowest BCUT2D eigenvalue weighted by Crippen LogP contribution is -2.29. The second kappa shape index (κ2) is 3.79. The van der Waals surface area contributed by atoms with Crippen LogP contribution in [0.1, 0.15) is 17.4 Å². The molecular formula is C9H13N3O2. The topological polar surface area (TPSA) is 59.5 Å². The molecule has 76 valence electrons. The fraction of sp³-hybridized carbons (Fsp3) is 0.556. The molecule has 1 saturated heterocycles. The molecule has 1 amide bonds. The molecule has 0 unspecified atom stereocenters. The molecule has 1 aliphatic rings. The minimum Gasteiger partial charge on any atom is -0.371 e. The van der Waals surface area contributed by atoms with Crippen LogP contribution in [-0.4, -0.2) is 34.9 Å². The number of nitrogens with one attached hydrogen (secondary N) is 1. The first kappa shape index (κ1) is 9.21. The van der Waals surface area contributed by atoms with E-state index in [9.17, 15) is 4.79 Å². The van der Waals surface area contributed by atoms with E-state index in [1.54, 1.807) is 16.9 Å². The molecule has 5 nitrogen and oxygen atoms in total. The highest BCUT2D eigenvalue weighted by Gasteiger charge is 2.23. The highest BCUT2D eigenvalue weighted by atomic mass is 16.6. The van der Waals surface area contributed by atoms with Crippen LogP contribution in [0, 0.1) is 0 Å². The van der Waals surface area contributed by atoms with Crippen molar-refractivity contribution in [2.45, 2.75) is 19.6 Å². The zero-order valence-corrected chi connectivity index (χ0v) is 8.06.